The Hall–Kier alpha value is -4.21. The van der Waals surface area contributed by atoms with Crippen molar-refractivity contribution in [2.75, 3.05) is 10.8 Å². The minimum absolute atomic E-state index is 0.0307. The van der Waals surface area contributed by atoms with Crippen LogP contribution in [-0.2, 0) is 32.6 Å². The van der Waals surface area contributed by atoms with Gasteiger partial charge in [0.1, 0.15) is 18.4 Å². The van der Waals surface area contributed by atoms with E-state index in [0.29, 0.717) is 6.42 Å². The molecule has 2 unspecified atom stereocenters. The number of carbonyl (C=O) groups excluding carboxylic acids is 2. The van der Waals surface area contributed by atoms with Crippen LogP contribution in [0.1, 0.15) is 37.0 Å². The maximum atomic E-state index is 15.0. The molecule has 2 atom stereocenters. The third kappa shape index (κ3) is 8.49. The number of benzene rings is 4. The molecule has 0 saturated carbocycles. The summed E-state index contributed by atoms with van der Waals surface area (Å²) in [5, 5.41) is 3.08. The largest absolute Gasteiger partial charge is 0.352 e. The molecule has 0 aromatic heterocycles. The van der Waals surface area contributed by atoms with Crippen LogP contribution in [0.4, 0.5) is 10.1 Å². The first-order valence-electron chi connectivity index (χ1n) is 14.7. The van der Waals surface area contributed by atoms with Crippen LogP contribution in [0.3, 0.4) is 0 Å². The fourth-order valence-corrected chi connectivity index (χ4v) is 6.53. The van der Waals surface area contributed by atoms with Crippen molar-refractivity contribution in [1.29, 1.82) is 0 Å². The molecule has 7 nitrogen and oxygen atoms in total. The van der Waals surface area contributed by atoms with Crippen LogP contribution >= 0.6 is 11.6 Å². The van der Waals surface area contributed by atoms with Crippen molar-refractivity contribution in [3.63, 3.8) is 0 Å². The summed E-state index contributed by atoms with van der Waals surface area (Å²) in [6.45, 7) is 4.67. The first-order valence-corrected chi connectivity index (χ1v) is 16.5. The van der Waals surface area contributed by atoms with Crippen molar-refractivity contribution in [3.8, 4) is 0 Å². The molecule has 0 saturated heterocycles. The number of halogens is 2. The van der Waals surface area contributed by atoms with Crippen molar-refractivity contribution in [2.24, 2.45) is 0 Å². The Bertz CT molecular complexity index is 1720. The highest BCUT2D eigenvalue weighted by atomic mass is 35.5. The van der Waals surface area contributed by atoms with Gasteiger partial charge in [-0.25, -0.2) is 12.8 Å². The first-order chi connectivity index (χ1) is 21.5. The topological polar surface area (TPSA) is 86.8 Å². The quantitative estimate of drug-likeness (QED) is 0.178. The second-order valence-corrected chi connectivity index (χ2v) is 13.2. The number of para-hydroxylation sites is 1. The van der Waals surface area contributed by atoms with Crippen LogP contribution in [0.5, 0.6) is 0 Å². The second kappa shape index (κ2) is 15.2. The predicted molar refractivity (Wildman–Crippen MR) is 176 cm³/mol. The molecular formula is C35H37ClFN3O4S. The monoisotopic (exact) mass is 649 g/mol. The summed E-state index contributed by atoms with van der Waals surface area (Å²) in [6.07, 6.45) is 0.778. The van der Waals surface area contributed by atoms with E-state index in [2.05, 4.69) is 5.32 Å². The normalized spacial score (nSPS) is 12.6. The van der Waals surface area contributed by atoms with Gasteiger partial charge >= 0.3 is 0 Å². The molecule has 0 fully saturated rings. The zero-order valence-electron chi connectivity index (χ0n) is 25.5. The summed E-state index contributed by atoms with van der Waals surface area (Å²) in [6, 6.07) is 26.5. The molecule has 0 heterocycles. The molecule has 45 heavy (non-hydrogen) atoms. The van der Waals surface area contributed by atoms with Crippen molar-refractivity contribution < 1.29 is 22.4 Å². The molecule has 0 spiro atoms. The van der Waals surface area contributed by atoms with E-state index in [1.165, 1.54) is 47.4 Å². The summed E-state index contributed by atoms with van der Waals surface area (Å²) >= 11 is 6.50. The van der Waals surface area contributed by atoms with E-state index in [-0.39, 0.29) is 40.2 Å². The zero-order valence-corrected chi connectivity index (χ0v) is 27.1. The smallest absolute Gasteiger partial charge is 0.264 e. The number of rotatable bonds is 13. The van der Waals surface area contributed by atoms with Crippen LogP contribution in [0.2, 0.25) is 5.02 Å². The molecule has 2 amide bonds. The van der Waals surface area contributed by atoms with Crippen molar-refractivity contribution in [2.45, 2.75) is 57.1 Å². The fraction of sp³-hybridized carbons (Fsp3) is 0.257. The molecule has 0 aliphatic heterocycles. The fourth-order valence-electron chi connectivity index (χ4n) is 4.81. The van der Waals surface area contributed by atoms with Gasteiger partial charge in [-0.15, -0.1) is 0 Å². The van der Waals surface area contributed by atoms with Gasteiger partial charge in [0.2, 0.25) is 11.8 Å². The Balaban J connectivity index is 1.83. The maximum absolute atomic E-state index is 15.0. The summed E-state index contributed by atoms with van der Waals surface area (Å²) in [5.74, 6) is -1.68. The molecule has 0 radical (unpaired) electrons. The van der Waals surface area contributed by atoms with E-state index >= 15 is 4.39 Å². The average Bonchev–Trinajstić information content (AvgIpc) is 3.03. The number of nitrogens with zero attached hydrogens (tertiary/aromatic N) is 2. The molecule has 236 valence electrons. The van der Waals surface area contributed by atoms with Crippen molar-refractivity contribution >= 4 is 39.1 Å². The SMILES string of the molecule is CCC(C)NC(=O)C(Cc1ccccc1)N(Cc1ccccc1F)C(=O)CN(c1ccccc1Cl)S(=O)(=O)c1ccc(C)cc1. The van der Waals surface area contributed by atoms with Gasteiger partial charge in [-0.1, -0.05) is 96.9 Å². The van der Waals surface area contributed by atoms with Gasteiger partial charge < -0.3 is 10.2 Å². The van der Waals surface area contributed by atoms with E-state index in [9.17, 15) is 18.0 Å². The Morgan fingerprint density at radius 3 is 2.16 bits per heavy atom. The van der Waals surface area contributed by atoms with Crippen LogP contribution in [-0.4, -0.2) is 43.8 Å². The van der Waals surface area contributed by atoms with E-state index in [1.807, 2.05) is 51.1 Å². The Morgan fingerprint density at radius 2 is 1.51 bits per heavy atom. The number of amides is 2. The van der Waals surface area contributed by atoms with Crippen molar-refractivity contribution in [3.05, 3.63) is 131 Å². The number of carbonyl (C=O) groups is 2. The Labute approximate surface area is 269 Å². The van der Waals surface area contributed by atoms with Gasteiger partial charge in [0.05, 0.1) is 15.6 Å². The summed E-state index contributed by atoms with van der Waals surface area (Å²) < 4.78 is 44.2. The third-order valence-electron chi connectivity index (χ3n) is 7.58. The summed E-state index contributed by atoms with van der Waals surface area (Å²) in [4.78, 5) is 29.5. The first kappa shape index (κ1) is 33.7. The molecule has 4 rings (SSSR count). The standard InChI is InChI=1S/C35H37ClFN3O4S/c1-4-26(3)38-35(42)33(22-27-12-6-5-7-13-27)39(23-28-14-8-10-16-31(28)37)34(41)24-40(32-17-11-9-15-30(32)36)45(43,44)29-20-18-25(2)19-21-29/h5-21,26,33H,4,22-24H2,1-3H3,(H,38,42). The zero-order chi connectivity index (χ0) is 32.6. The van der Waals surface area contributed by atoms with Gasteiger partial charge in [-0.05, 0) is 56.2 Å². The van der Waals surface area contributed by atoms with E-state index in [4.69, 9.17) is 11.6 Å². The van der Waals surface area contributed by atoms with E-state index in [0.717, 1.165) is 15.4 Å². The van der Waals surface area contributed by atoms with E-state index < -0.39 is 40.2 Å². The lowest BCUT2D eigenvalue weighted by Gasteiger charge is -2.34. The summed E-state index contributed by atoms with van der Waals surface area (Å²) in [5.41, 5.74) is 1.93. The van der Waals surface area contributed by atoms with Crippen LogP contribution < -0.4 is 9.62 Å². The van der Waals surface area contributed by atoms with Gasteiger partial charge in [-0.2, -0.15) is 0 Å². The summed E-state index contributed by atoms with van der Waals surface area (Å²) in [7, 11) is -4.30. The predicted octanol–water partition coefficient (Wildman–Crippen LogP) is 6.54. The van der Waals surface area contributed by atoms with Gasteiger partial charge in [0.15, 0.2) is 0 Å². The molecule has 1 N–H and O–H groups in total. The van der Waals surface area contributed by atoms with Crippen molar-refractivity contribution in [1.82, 2.24) is 10.2 Å². The lowest BCUT2D eigenvalue weighted by atomic mass is 10.0. The highest BCUT2D eigenvalue weighted by molar-refractivity contribution is 7.92. The second-order valence-electron chi connectivity index (χ2n) is 10.9. The molecule has 10 heteroatoms. The maximum Gasteiger partial charge on any atom is 0.264 e. The average molecular weight is 650 g/mol. The van der Waals surface area contributed by atoms with Crippen LogP contribution in [0, 0.1) is 12.7 Å². The number of nitrogens with one attached hydrogen (secondary N) is 1. The highest BCUT2D eigenvalue weighted by Crippen LogP contribution is 2.31. The highest BCUT2D eigenvalue weighted by Gasteiger charge is 2.35. The lowest BCUT2D eigenvalue weighted by molar-refractivity contribution is -0.140. The molecule has 4 aromatic carbocycles. The minimum Gasteiger partial charge on any atom is -0.352 e. The van der Waals surface area contributed by atoms with Crippen LogP contribution in [0.25, 0.3) is 0 Å². The number of hydrogen-bond donors (Lipinski definition) is 1. The number of hydrogen-bond acceptors (Lipinski definition) is 4. The minimum atomic E-state index is -4.30. The molecule has 0 aliphatic carbocycles. The van der Waals surface area contributed by atoms with Gasteiger partial charge in [-0.3, -0.25) is 13.9 Å². The number of aryl methyl sites for hydroxylation is 1. The number of anilines is 1. The molecule has 0 aliphatic rings. The number of sulfonamides is 1. The van der Waals surface area contributed by atoms with Gasteiger partial charge in [0, 0.05) is 24.6 Å². The molecular weight excluding hydrogens is 613 g/mol. The Morgan fingerprint density at radius 1 is 0.889 bits per heavy atom. The van der Waals surface area contributed by atoms with E-state index in [1.54, 1.807) is 30.3 Å². The molecule has 0 bridgehead atoms. The van der Waals surface area contributed by atoms with Crippen LogP contribution in [0.15, 0.2) is 108 Å². The van der Waals surface area contributed by atoms with Gasteiger partial charge in [0.25, 0.3) is 10.0 Å². The third-order valence-corrected chi connectivity index (χ3v) is 9.67. The molecule has 4 aromatic rings. The lowest BCUT2D eigenvalue weighted by Crippen LogP contribution is -2.54. The Kier molecular flexibility index (Phi) is 11.4.